The van der Waals surface area contributed by atoms with Crippen LogP contribution in [0, 0.1) is 18.8 Å². The van der Waals surface area contributed by atoms with Gasteiger partial charge >= 0.3 is 0 Å². The molecule has 0 bridgehead atoms. The Bertz CT molecular complexity index is 6050. The lowest BCUT2D eigenvalue weighted by Crippen LogP contribution is -2.00. The van der Waals surface area contributed by atoms with E-state index in [0.717, 1.165) is 199 Å². The molecule has 12 nitrogen and oxygen atoms in total. The van der Waals surface area contributed by atoms with Crippen molar-refractivity contribution in [1.29, 1.82) is 0 Å². The third kappa shape index (κ3) is 30.7. The summed E-state index contributed by atoms with van der Waals surface area (Å²) in [6.07, 6.45) is 29.9. The minimum atomic E-state index is -3.01. The first-order chi connectivity index (χ1) is 60.0. The summed E-state index contributed by atoms with van der Waals surface area (Å²) in [6, 6.07) is 74.3. The van der Waals surface area contributed by atoms with Crippen molar-refractivity contribution in [2.24, 2.45) is 11.8 Å². The molecule has 18 heteroatoms. The van der Waals surface area contributed by atoms with Crippen LogP contribution in [0.5, 0.6) is 0 Å². The molecule has 16 aromatic rings. The second-order valence-electron chi connectivity index (χ2n) is 31.9. The van der Waals surface area contributed by atoms with Crippen LogP contribution in [0.2, 0.25) is 0 Å². The third-order valence-corrected chi connectivity index (χ3v) is 26.2. The highest BCUT2D eigenvalue weighted by Gasteiger charge is 2.21. The minimum absolute atomic E-state index is 0. The highest BCUT2D eigenvalue weighted by Crippen LogP contribution is 2.37. The van der Waals surface area contributed by atoms with Crippen LogP contribution in [0.25, 0.3) is 109 Å². The molecule has 127 heavy (non-hydrogen) atoms. The number of hydrogen-bond donors (Lipinski definition) is 0. The molecule has 1 fully saturated rings. The van der Waals surface area contributed by atoms with Crippen LogP contribution in [0.15, 0.2) is 270 Å². The minimum Gasteiger partial charge on any atom is -0.261 e. The number of aromatic nitrogens is 10. The molecule has 0 saturated heterocycles. The molecule has 0 N–H and O–H groups in total. The Kier molecular flexibility index (Phi) is 39.9. The summed E-state index contributed by atoms with van der Waals surface area (Å²) < 4.78 is 22.7. The van der Waals surface area contributed by atoms with E-state index in [0.29, 0.717) is 5.92 Å². The zero-order valence-electron chi connectivity index (χ0n) is 72.1. The van der Waals surface area contributed by atoms with Gasteiger partial charge in [0.1, 0.15) is 25.0 Å². The van der Waals surface area contributed by atoms with Gasteiger partial charge < -0.3 is 0 Å². The predicted molar refractivity (Wildman–Crippen MR) is 548 cm³/mol. The van der Waals surface area contributed by atoms with Crippen LogP contribution in [0.3, 0.4) is 0 Å². The quantitative estimate of drug-likeness (QED) is 0.0419. The van der Waals surface area contributed by atoms with Gasteiger partial charge in [-0.3, -0.25) is 24.9 Å². The molecule has 0 unspecified atom stereocenters. The molecule has 0 amide bonds. The normalized spacial score (nSPS) is 11.3. The molecule has 1 aliphatic rings. The van der Waals surface area contributed by atoms with Gasteiger partial charge in [-0.15, -0.1) is 56.7 Å². The summed E-state index contributed by atoms with van der Waals surface area (Å²) in [7, 11) is -3.01. The molecule has 10 aromatic heterocycles. The van der Waals surface area contributed by atoms with Gasteiger partial charge in [0.15, 0.2) is 9.84 Å². The summed E-state index contributed by atoms with van der Waals surface area (Å²) >= 11 is 8.40. The van der Waals surface area contributed by atoms with E-state index in [1.807, 2.05) is 78.8 Å². The fourth-order valence-electron chi connectivity index (χ4n) is 14.2. The van der Waals surface area contributed by atoms with Crippen LogP contribution in [0.1, 0.15) is 191 Å². The maximum absolute atomic E-state index is 11.4. The topological polar surface area (TPSA) is 163 Å². The fourth-order valence-corrected chi connectivity index (χ4v) is 19.1. The van der Waals surface area contributed by atoms with Crippen molar-refractivity contribution in [3.05, 3.63) is 332 Å². The van der Waals surface area contributed by atoms with E-state index in [1.54, 1.807) is 56.7 Å². The lowest BCUT2D eigenvalue weighted by Gasteiger charge is -2.05. The lowest BCUT2D eigenvalue weighted by atomic mass is 10.0. The van der Waals surface area contributed by atoms with E-state index in [9.17, 15) is 8.42 Å². The molecule has 660 valence electrons. The van der Waals surface area contributed by atoms with E-state index >= 15 is 0 Å². The van der Waals surface area contributed by atoms with E-state index < -0.39 is 9.84 Å². The summed E-state index contributed by atoms with van der Waals surface area (Å²) in [5, 5.41) is 15.8. The van der Waals surface area contributed by atoms with Gasteiger partial charge in [-0.2, -0.15) is 0 Å². The number of aryl methyl sites for hydroxylation is 9. The standard InChI is InChI=1S/C25H24N2S.C22H24N2S.C21H24N2S.C19H20N2O2S2.C18H18N2S.4CH4/c1-2-6-23-17-22(15-16-26-23)25-27-24(18-28-25)21-13-11-20(12-14-21)10-9-19-7-4-3-5-8-19;1-2-3-20-14-19(12-13-23-20)22-24-21(15-25-22)18-10-8-17(9-11-18)7-6-16-4-5-16;1-4-5-19-13-18(10-11-22-19)21-23-20(14-24-21)17-8-6-16(7-9-17)12-15(2)3;1-3-4-17-11-16(9-10-20-17)19-21-18(12-24-19)15-7-5-14(6-8-15)13-25(2,22)23;1-3-4-16-11-15(9-10-19-16)18-20-17(12-21-18)14-7-5-13(2)6-8-14;;;;/h3-5,7-8,11-18H,2,6,9-10H2,1H3;8-16H,2-7H2,1H3;6-11,13-15H,4-5,12H2,1-3H3;5-12H,3-4,13H2,1-2H3;5-12H,3-4H2,1-2H3;4*1H4. The van der Waals surface area contributed by atoms with Crippen molar-refractivity contribution in [3.63, 3.8) is 0 Å². The van der Waals surface area contributed by atoms with Gasteiger partial charge in [0.25, 0.3) is 0 Å². The highest BCUT2D eigenvalue weighted by molar-refractivity contribution is 7.89. The Hall–Kier alpha value is -10.8. The van der Waals surface area contributed by atoms with Crippen LogP contribution in [-0.2, 0) is 73.4 Å². The second kappa shape index (κ2) is 50.6. The van der Waals surface area contributed by atoms with Gasteiger partial charge in [-0.1, -0.05) is 280 Å². The Morgan fingerprint density at radius 3 is 0.843 bits per heavy atom. The molecule has 17 rings (SSSR count). The Labute approximate surface area is 777 Å². The largest absolute Gasteiger partial charge is 0.261 e. The van der Waals surface area contributed by atoms with Gasteiger partial charge in [0.05, 0.1) is 34.2 Å². The van der Waals surface area contributed by atoms with E-state index in [-0.39, 0.29) is 35.5 Å². The van der Waals surface area contributed by atoms with Gasteiger partial charge in [0.2, 0.25) is 0 Å². The maximum Gasteiger partial charge on any atom is 0.151 e. The van der Waals surface area contributed by atoms with Crippen LogP contribution < -0.4 is 0 Å². The molecule has 10 heterocycles. The molecular formula is C109H126N10O2S6. The molecule has 6 aromatic carbocycles. The highest BCUT2D eigenvalue weighted by atomic mass is 32.2. The van der Waals surface area contributed by atoms with E-state index in [1.165, 1.54) is 93.1 Å². The van der Waals surface area contributed by atoms with Crippen LogP contribution in [0.4, 0.5) is 0 Å². The van der Waals surface area contributed by atoms with Crippen molar-refractivity contribution < 1.29 is 8.42 Å². The lowest BCUT2D eigenvalue weighted by molar-refractivity contribution is 0.601. The first-order valence-electron chi connectivity index (χ1n) is 43.2. The average Bonchev–Trinajstić information content (AvgIpc) is 1.70. The van der Waals surface area contributed by atoms with Crippen molar-refractivity contribution >= 4 is 66.5 Å². The zero-order chi connectivity index (χ0) is 85.7. The first-order valence-corrected chi connectivity index (χ1v) is 49.6. The average molecular weight is 1800 g/mol. The van der Waals surface area contributed by atoms with E-state index in [4.69, 9.17) is 24.9 Å². The number of hydrogen-bond acceptors (Lipinski definition) is 17. The van der Waals surface area contributed by atoms with Gasteiger partial charge in [-0.05, 0) is 171 Å². The summed E-state index contributed by atoms with van der Waals surface area (Å²) in [5.41, 5.74) is 29.9. The molecular weight excluding hydrogens is 1670 g/mol. The number of pyridine rings is 5. The van der Waals surface area contributed by atoms with Crippen LogP contribution in [-0.4, -0.2) is 64.5 Å². The molecule has 0 spiro atoms. The number of rotatable bonds is 30. The second-order valence-corrected chi connectivity index (χ2v) is 38.3. The summed E-state index contributed by atoms with van der Waals surface area (Å²) in [4.78, 5) is 46.2. The number of thiazole rings is 5. The van der Waals surface area contributed by atoms with Gasteiger partial charge in [-0.25, -0.2) is 33.3 Å². The monoisotopic (exact) mass is 1800 g/mol. The number of benzene rings is 6. The number of sulfone groups is 1. The predicted octanol–water partition coefficient (Wildman–Crippen LogP) is 30.8. The molecule has 1 aliphatic carbocycles. The Morgan fingerprint density at radius 1 is 0.315 bits per heavy atom. The molecule has 0 radical (unpaired) electrons. The number of nitrogens with zero attached hydrogens (tertiary/aromatic N) is 10. The summed E-state index contributed by atoms with van der Waals surface area (Å²) in [5.74, 6) is 1.75. The van der Waals surface area contributed by atoms with E-state index in [2.05, 4.69) is 272 Å². The SMILES string of the molecule is C.C.C.C.CCCc1cc(-c2nc(-c3ccc(C)cc3)cs2)ccn1.CCCc1cc(-c2nc(-c3ccc(CC(C)C)cc3)cs2)ccn1.CCCc1cc(-c2nc(-c3ccc(CCC4CC4)cc3)cs2)ccn1.CCCc1cc(-c2nc(-c3ccc(CCc4ccccc4)cc3)cs2)ccn1.CCCc1cc(-c2nc(-c3ccc(CS(C)(=O)=O)cc3)cs2)ccn1. The summed E-state index contributed by atoms with van der Waals surface area (Å²) in [6.45, 7) is 17.5. The van der Waals surface area contributed by atoms with Crippen LogP contribution >= 0.6 is 56.7 Å². The molecule has 1 saturated carbocycles. The zero-order valence-corrected chi connectivity index (χ0v) is 77.0. The van der Waals surface area contributed by atoms with Crippen molar-refractivity contribution in [1.82, 2.24) is 49.8 Å². The van der Waals surface area contributed by atoms with Crippen molar-refractivity contribution in [2.45, 2.75) is 200 Å². The van der Waals surface area contributed by atoms with Crippen molar-refractivity contribution in [3.8, 4) is 109 Å². The maximum atomic E-state index is 11.4. The Morgan fingerprint density at radius 2 is 0.575 bits per heavy atom. The smallest absolute Gasteiger partial charge is 0.151 e. The third-order valence-electron chi connectivity index (χ3n) is 20.9. The molecule has 0 aliphatic heterocycles. The van der Waals surface area contributed by atoms with Gasteiger partial charge in [0, 0.05) is 148 Å². The molecule has 0 atom stereocenters. The van der Waals surface area contributed by atoms with Crippen molar-refractivity contribution in [2.75, 3.05) is 6.26 Å². The fraction of sp³-hybridized carbons (Fsp3) is 0.303. The Balaban J connectivity index is 0.000000178. The first kappa shape index (κ1) is 99.9.